The van der Waals surface area contributed by atoms with Crippen LogP contribution in [0.1, 0.15) is 9.75 Å². The molecule has 0 fully saturated rings. The average molecular weight is 377 g/mol. The predicted molar refractivity (Wildman–Crippen MR) is 77.2 cm³/mol. The van der Waals surface area contributed by atoms with Gasteiger partial charge in [-0.1, -0.05) is 0 Å². The van der Waals surface area contributed by atoms with Gasteiger partial charge in [0.1, 0.15) is 16.7 Å². The van der Waals surface area contributed by atoms with Crippen LogP contribution in [0.3, 0.4) is 0 Å². The first-order chi connectivity index (χ1) is 9.87. The third kappa shape index (κ3) is 4.65. The highest BCUT2D eigenvalue weighted by Gasteiger charge is 2.31. The minimum atomic E-state index is -4.72. The van der Waals surface area contributed by atoms with Gasteiger partial charge in [-0.15, -0.1) is 24.5 Å². The summed E-state index contributed by atoms with van der Waals surface area (Å²) in [5, 5.41) is 11.8. The third-order valence-electron chi connectivity index (χ3n) is 2.40. The monoisotopic (exact) mass is 376 g/mol. The largest absolute Gasteiger partial charge is 0.573 e. The summed E-state index contributed by atoms with van der Waals surface area (Å²) in [7, 11) is 0. The molecule has 2 rings (SSSR count). The number of ether oxygens (including phenoxy) is 1. The lowest BCUT2D eigenvalue weighted by atomic mass is 10.3. The lowest BCUT2D eigenvalue weighted by Gasteiger charge is -2.12. The van der Waals surface area contributed by atoms with E-state index in [1.54, 1.807) is 6.07 Å². The van der Waals surface area contributed by atoms with E-state index >= 15 is 0 Å². The quantitative estimate of drug-likeness (QED) is 0.825. The summed E-state index contributed by atoms with van der Waals surface area (Å²) >= 11 is 4.39. The highest BCUT2D eigenvalue weighted by atomic mass is 79.9. The van der Waals surface area contributed by atoms with Crippen molar-refractivity contribution in [2.24, 2.45) is 0 Å². The molecule has 110 valence electrons. The van der Waals surface area contributed by atoms with Gasteiger partial charge in [-0.25, -0.2) is 0 Å². The Morgan fingerprint density at radius 1 is 1.29 bits per heavy atom. The maximum atomic E-state index is 12.1. The summed E-state index contributed by atoms with van der Waals surface area (Å²) in [5.74, 6) is -0.295. The number of nitriles is 1. The van der Waals surface area contributed by atoms with Crippen LogP contribution in [0.2, 0.25) is 0 Å². The van der Waals surface area contributed by atoms with Crippen LogP contribution in [0.4, 0.5) is 18.9 Å². The van der Waals surface area contributed by atoms with Crippen LogP contribution in [0.5, 0.6) is 5.75 Å². The number of nitrogens with one attached hydrogen (secondary N) is 1. The second kappa shape index (κ2) is 6.37. The van der Waals surface area contributed by atoms with Crippen molar-refractivity contribution >= 4 is 33.0 Å². The summed E-state index contributed by atoms with van der Waals surface area (Å²) < 4.78 is 40.5. The summed E-state index contributed by atoms with van der Waals surface area (Å²) in [6, 6.07) is 9.81. The molecule has 0 aliphatic heterocycles. The van der Waals surface area contributed by atoms with Crippen LogP contribution < -0.4 is 10.1 Å². The van der Waals surface area contributed by atoms with Crippen LogP contribution >= 0.6 is 27.3 Å². The molecule has 8 heteroatoms. The number of hydrogen-bond donors (Lipinski definition) is 1. The topological polar surface area (TPSA) is 45.0 Å². The number of hydrogen-bond acceptors (Lipinski definition) is 4. The third-order valence-corrected chi connectivity index (χ3v) is 4.01. The van der Waals surface area contributed by atoms with Crippen molar-refractivity contribution in [2.45, 2.75) is 12.9 Å². The van der Waals surface area contributed by atoms with E-state index < -0.39 is 6.36 Å². The van der Waals surface area contributed by atoms with E-state index in [1.807, 2.05) is 12.1 Å². The van der Waals surface area contributed by atoms with Crippen LogP contribution in [0, 0.1) is 11.3 Å². The fourth-order valence-corrected chi connectivity index (χ4v) is 2.74. The lowest BCUT2D eigenvalue weighted by Crippen LogP contribution is -2.17. The normalized spacial score (nSPS) is 11.0. The summed E-state index contributed by atoms with van der Waals surface area (Å²) in [6.07, 6.45) is -4.72. The van der Waals surface area contributed by atoms with Crippen LogP contribution in [0.15, 0.2) is 34.8 Å². The Balaban J connectivity index is 2.02. The molecule has 21 heavy (non-hydrogen) atoms. The molecule has 1 N–H and O–H groups in total. The minimum absolute atomic E-state index is 0.203. The van der Waals surface area contributed by atoms with Crippen molar-refractivity contribution in [3.05, 3.63) is 44.6 Å². The molecule has 1 aromatic heterocycles. The van der Waals surface area contributed by atoms with Crippen LogP contribution in [-0.4, -0.2) is 6.36 Å². The Kier molecular flexibility index (Phi) is 4.75. The van der Waals surface area contributed by atoms with Gasteiger partial charge in [0.15, 0.2) is 0 Å². The highest BCUT2D eigenvalue weighted by molar-refractivity contribution is 9.10. The lowest BCUT2D eigenvalue weighted by molar-refractivity contribution is -0.274. The molecule has 0 spiro atoms. The molecule has 1 heterocycles. The number of anilines is 1. The smallest absolute Gasteiger partial charge is 0.405 e. The predicted octanol–water partition coefficient (Wildman–Crippen LogP) is 4.89. The summed E-state index contributed by atoms with van der Waals surface area (Å²) in [5.41, 5.74) is 0.642. The van der Waals surface area contributed by atoms with E-state index in [0.717, 1.165) is 4.88 Å². The van der Waals surface area contributed by atoms with Gasteiger partial charge >= 0.3 is 6.36 Å². The molecule has 2 aromatic rings. The van der Waals surface area contributed by atoms with E-state index in [1.165, 1.54) is 29.5 Å². The molecule has 0 radical (unpaired) electrons. The molecule has 0 bridgehead atoms. The zero-order valence-electron chi connectivity index (χ0n) is 10.4. The van der Waals surface area contributed by atoms with Crippen molar-refractivity contribution in [1.29, 1.82) is 5.26 Å². The first kappa shape index (κ1) is 15.7. The fourth-order valence-electron chi connectivity index (χ4n) is 1.54. The molecule has 0 aliphatic rings. The van der Waals surface area contributed by atoms with E-state index in [-0.39, 0.29) is 10.2 Å². The zero-order valence-corrected chi connectivity index (χ0v) is 12.8. The molecule has 0 saturated carbocycles. The molecule has 1 aromatic carbocycles. The zero-order chi connectivity index (χ0) is 15.5. The van der Waals surface area contributed by atoms with Crippen molar-refractivity contribution in [3.8, 4) is 11.8 Å². The SMILES string of the molecule is N#Cc1ccc(CNc2ccc(OC(F)(F)F)c(Br)c2)s1. The Morgan fingerprint density at radius 3 is 2.62 bits per heavy atom. The van der Waals surface area contributed by atoms with E-state index in [2.05, 4.69) is 26.0 Å². The Labute approximate surface area is 131 Å². The minimum Gasteiger partial charge on any atom is -0.405 e. The maximum Gasteiger partial charge on any atom is 0.573 e. The van der Waals surface area contributed by atoms with Gasteiger partial charge in [0.2, 0.25) is 0 Å². The number of halogens is 4. The van der Waals surface area contributed by atoms with Crippen molar-refractivity contribution in [2.75, 3.05) is 5.32 Å². The van der Waals surface area contributed by atoms with Crippen molar-refractivity contribution in [3.63, 3.8) is 0 Å². The maximum absolute atomic E-state index is 12.1. The second-order valence-electron chi connectivity index (χ2n) is 3.92. The highest BCUT2D eigenvalue weighted by Crippen LogP contribution is 2.32. The van der Waals surface area contributed by atoms with Crippen LogP contribution in [-0.2, 0) is 6.54 Å². The van der Waals surface area contributed by atoms with Gasteiger partial charge in [-0.05, 0) is 46.3 Å². The van der Waals surface area contributed by atoms with Gasteiger partial charge < -0.3 is 10.1 Å². The number of benzene rings is 1. The van der Waals surface area contributed by atoms with Gasteiger partial charge in [-0.3, -0.25) is 0 Å². The Hall–Kier alpha value is -1.72. The van der Waals surface area contributed by atoms with E-state index in [9.17, 15) is 13.2 Å². The van der Waals surface area contributed by atoms with Crippen molar-refractivity contribution < 1.29 is 17.9 Å². The Bertz CT molecular complexity index is 679. The fraction of sp³-hybridized carbons (Fsp3) is 0.154. The molecule has 0 aliphatic carbocycles. The van der Waals surface area contributed by atoms with E-state index in [0.29, 0.717) is 17.1 Å². The van der Waals surface area contributed by atoms with Gasteiger partial charge in [-0.2, -0.15) is 5.26 Å². The van der Waals surface area contributed by atoms with Crippen LogP contribution in [0.25, 0.3) is 0 Å². The molecule has 0 amide bonds. The summed E-state index contributed by atoms with van der Waals surface area (Å²) in [4.78, 5) is 1.57. The molecular formula is C13H8BrF3N2OS. The molecular weight excluding hydrogens is 369 g/mol. The Morgan fingerprint density at radius 2 is 2.05 bits per heavy atom. The molecule has 0 saturated heterocycles. The molecule has 0 unspecified atom stereocenters. The summed E-state index contributed by atoms with van der Waals surface area (Å²) in [6.45, 7) is 0.484. The standard InChI is InChI=1S/C13H8BrF3N2OS/c14-11-5-8(1-4-12(11)20-13(15,16)17)19-7-10-3-2-9(6-18)21-10/h1-5,19H,7H2. The van der Waals surface area contributed by atoms with Gasteiger partial charge in [0, 0.05) is 17.1 Å². The molecule has 0 atom stereocenters. The van der Waals surface area contributed by atoms with Crippen molar-refractivity contribution in [1.82, 2.24) is 0 Å². The first-order valence-corrected chi connectivity index (χ1v) is 7.26. The number of alkyl halides is 3. The number of nitrogens with zero attached hydrogens (tertiary/aromatic N) is 1. The average Bonchev–Trinajstić information content (AvgIpc) is 2.86. The number of thiophene rings is 1. The van der Waals surface area contributed by atoms with Gasteiger partial charge in [0.05, 0.1) is 4.47 Å². The second-order valence-corrected chi connectivity index (χ2v) is 5.95. The number of rotatable bonds is 4. The van der Waals surface area contributed by atoms with Gasteiger partial charge in [0.25, 0.3) is 0 Å². The first-order valence-electron chi connectivity index (χ1n) is 5.65. The van der Waals surface area contributed by atoms with E-state index in [4.69, 9.17) is 5.26 Å². The molecule has 3 nitrogen and oxygen atoms in total.